The minimum atomic E-state index is -0.602. The van der Waals surface area contributed by atoms with E-state index in [9.17, 15) is 14.4 Å². The van der Waals surface area contributed by atoms with Gasteiger partial charge in [-0.1, -0.05) is 40.5 Å². The Kier molecular flexibility index (Phi) is 9.84. The van der Waals surface area contributed by atoms with Gasteiger partial charge in [-0.15, -0.1) is 0 Å². The van der Waals surface area contributed by atoms with E-state index < -0.39 is 18.1 Å². The van der Waals surface area contributed by atoms with Gasteiger partial charge in [0.1, 0.15) is 0 Å². The fourth-order valence-corrected chi connectivity index (χ4v) is 2.39. The van der Waals surface area contributed by atoms with Gasteiger partial charge in [0.25, 0.3) is 0 Å². The molecular weight excluding hydrogens is 304 g/mol. The lowest BCUT2D eigenvalue weighted by atomic mass is 9.96. The zero-order valence-electron chi connectivity index (χ0n) is 13.7. The Hall–Kier alpha value is -1.28. The van der Waals surface area contributed by atoms with Crippen LogP contribution in [0, 0.1) is 11.8 Å². The third kappa shape index (κ3) is 7.65. The second-order valence-electron chi connectivity index (χ2n) is 5.90. The summed E-state index contributed by atoms with van der Waals surface area (Å²) in [5.74, 6) is -0.430. The van der Waals surface area contributed by atoms with Crippen LogP contribution in [-0.4, -0.2) is 36.3 Å². The summed E-state index contributed by atoms with van der Waals surface area (Å²) in [6.07, 6.45) is 0.993. The Bertz CT molecular complexity index is 388. The molecule has 0 fully saturated rings. The molecular formula is C14H28N4O3S. The summed E-state index contributed by atoms with van der Waals surface area (Å²) in [5, 5.41) is 5.24. The summed E-state index contributed by atoms with van der Waals surface area (Å²) >= 11 is 3.96. The van der Waals surface area contributed by atoms with E-state index in [1.54, 1.807) is 13.8 Å². The first-order valence-corrected chi connectivity index (χ1v) is 7.92. The fraction of sp³-hybridized carbons (Fsp3) is 0.786. The van der Waals surface area contributed by atoms with Gasteiger partial charge in [-0.25, -0.2) is 4.79 Å². The number of ketones is 1. The lowest BCUT2D eigenvalue weighted by Gasteiger charge is -2.24. The molecule has 0 aromatic heterocycles. The Balaban J connectivity index is 4.69. The van der Waals surface area contributed by atoms with Gasteiger partial charge >= 0.3 is 6.03 Å². The normalized spacial score (nSPS) is 13.8. The van der Waals surface area contributed by atoms with Crippen LogP contribution in [0.2, 0.25) is 0 Å². The Morgan fingerprint density at radius 3 is 2.14 bits per heavy atom. The third-order valence-corrected chi connectivity index (χ3v) is 3.56. The number of urea groups is 1. The van der Waals surface area contributed by atoms with Gasteiger partial charge in [0.2, 0.25) is 5.91 Å². The average Bonchev–Trinajstić information content (AvgIpc) is 2.41. The molecule has 0 unspecified atom stereocenters. The monoisotopic (exact) mass is 332 g/mol. The maximum Gasteiger partial charge on any atom is 0.312 e. The number of hydrogen-bond donors (Lipinski definition) is 5. The predicted octanol–water partition coefficient (Wildman–Crippen LogP) is 0.604. The second kappa shape index (κ2) is 10.4. The fourth-order valence-electron chi connectivity index (χ4n) is 1.98. The maximum atomic E-state index is 12.2. The van der Waals surface area contributed by atoms with Gasteiger partial charge in [-0.3, -0.25) is 14.3 Å². The van der Waals surface area contributed by atoms with Crippen molar-refractivity contribution in [2.24, 2.45) is 17.6 Å². The van der Waals surface area contributed by atoms with Gasteiger partial charge in [-0.05, 0) is 18.8 Å². The largest absolute Gasteiger partial charge is 0.352 e. The number of carbonyl (C=O) groups is 3. The van der Waals surface area contributed by atoms with Crippen molar-refractivity contribution in [1.82, 2.24) is 15.4 Å². The number of rotatable bonds is 10. The number of nitrogens with two attached hydrogens (primary N) is 1. The van der Waals surface area contributed by atoms with Crippen LogP contribution in [-0.2, 0) is 9.59 Å². The van der Waals surface area contributed by atoms with Crippen molar-refractivity contribution < 1.29 is 14.4 Å². The van der Waals surface area contributed by atoms with Crippen LogP contribution in [0.5, 0.6) is 0 Å². The molecule has 0 aliphatic heterocycles. The van der Waals surface area contributed by atoms with E-state index in [1.807, 2.05) is 13.8 Å². The molecule has 0 bridgehead atoms. The van der Waals surface area contributed by atoms with Crippen LogP contribution >= 0.6 is 12.8 Å². The Morgan fingerprint density at radius 1 is 1.14 bits per heavy atom. The summed E-state index contributed by atoms with van der Waals surface area (Å²) < 4.78 is 2.65. The number of carbonyl (C=O) groups excluding carboxylic acids is 3. The van der Waals surface area contributed by atoms with Crippen LogP contribution in [0.1, 0.15) is 40.5 Å². The summed E-state index contributed by atoms with van der Waals surface area (Å²) in [6, 6.07) is -1.66. The molecule has 2 atom stereocenters. The zero-order chi connectivity index (χ0) is 17.3. The van der Waals surface area contributed by atoms with Gasteiger partial charge in [-0.2, -0.15) is 0 Å². The molecule has 0 saturated heterocycles. The number of nitrogens with one attached hydrogen (secondary N) is 3. The van der Waals surface area contributed by atoms with Crippen molar-refractivity contribution >= 4 is 30.5 Å². The molecule has 0 aliphatic rings. The number of amides is 3. The minimum absolute atomic E-state index is 0.0332. The molecule has 7 nitrogen and oxygen atoms in total. The second-order valence-corrected chi connectivity index (χ2v) is 6.16. The van der Waals surface area contributed by atoms with E-state index in [0.29, 0.717) is 19.4 Å². The minimum Gasteiger partial charge on any atom is -0.352 e. The molecule has 22 heavy (non-hydrogen) atoms. The van der Waals surface area contributed by atoms with Crippen molar-refractivity contribution in [3.63, 3.8) is 0 Å². The molecule has 0 aliphatic carbocycles. The SMILES string of the molecule is CC(C)C(=O)[C@H](CCCNC(N)=O)NC(=O)[C@@H](NS)C(C)C. The zero-order valence-corrected chi connectivity index (χ0v) is 14.6. The molecule has 0 radical (unpaired) electrons. The highest BCUT2D eigenvalue weighted by molar-refractivity contribution is 7.78. The van der Waals surface area contributed by atoms with Crippen LogP contribution < -0.4 is 21.1 Å². The topological polar surface area (TPSA) is 113 Å². The Labute approximate surface area is 137 Å². The first-order chi connectivity index (χ1) is 10.2. The number of primary amides is 1. The van der Waals surface area contributed by atoms with E-state index in [1.165, 1.54) is 0 Å². The molecule has 0 spiro atoms. The lowest BCUT2D eigenvalue weighted by Crippen LogP contribution is -2.51. The molecule has 0 rings (SSSR count). The third-order valence-electron chi connectivity index (χ3n) is 3.29. The highest BCUT2D eigenvalue weighted by Gasteiger charge is 2.27. The van der Waals surface area contributed by atoms with Crippen molar-refractivity contribution in [1.29, 1.82) is 0 Å². The van der Waals surface area contributed by atoms with Gasteiger partial charge in [0, 0.05) is 12.5 Å². The number of thiol groups is 1. The number of Topliss-reactive ketones (excluding diaryl/α,β-unsaturated/α-hetero) is 1. The van der Waals surface area contributed by atoms with E-state index in [4.69, 9.17) is 5.73 Å². The predicted molar refractivity (Wildman–Crippen MR) is 89.3 cm³/mol. The van der Waals surface area contributed by atoms with E-state index >= 15 is 0 Å². The van der Waals surface area contributed by atoms with E-state index in [2.05, 4.69) is 28.2 Å². The molecule has 3 amide bonds. The van der Waals surface area contributed by atoms with Crippen molar-refractivity contribution in [2.75, 3.05) is 6.54 Å². The van der Waals surface area contributed by atoms with Crippen LogP contribution in [0.15, 0.2) is 0 Å². The average molecular weight is 332 g/mol. The van der Waals surface area contributed by atoms with Crippen molar-refractivity contribution in [3.8, 4) is 0 Å². The lowest BCUT2D eigenvalue weighted by molar-refractivity contribution is -0.130. The van der Waals surface area contributed by atoms with Gasteiger partial charge in [0.05, 0.1) is 12.1 Å². The van der Waals surface area contributed by atoms with Gasteiger partial charge < -0.3 is 16.4 Å². The van der Waals surface area contributed by atoms with Crippen molar-refractivity contribution in [2.45, 2.75) is 52.6 Å². The smallest absolute Gasteiger partial charge is 0.312 e. The molecule has 5 N–H and O–H groups in total. The highest BCUT2D eigenvalue weighted by Crippen LogP contribution is 2.09. The molecule has 0 aromatic carbocycles. The summed E-state index contributed by atoms with van der Waals surface area (Å²) in [6.45, 7) is 7.73. The highest BCUT2D eigenvalue weighted by atomic mass is 32.1. The van der Waals surface area contributed by atoms with Gasteiger partial charge in [0.15, 0.2) is 5.78 Å². The number of hydrogen-bond acceptors (Lipinski definition) is 5. The summed E-state index contributed by atoms with van der Waals surface area (Å²) in [4.78, 5) is 35.1. The molecule has 0 heterocycles. The molecule has 128 valence electrons. The summed E-state index contributed by atoms with van der Waals surface area (Å²) in [7, 11) is 0. The van der Waals surface area contributed by atoms with Crippen molar-refractivity contribution in [3.05, 3.63) is 0 Å². The Morgan fingerprint density at radius 2 is 1.73 bits per heavy atom. The van der Waals surface area contributed by atoms with E-state index in [0.717, 1.165) is 0 Å². The maximum absolute atomic E-state index is 12.2. The molecule has 0 aromatic rings. The van der Waals surface area contributed by atoms with Crippen LogP contribution in [0.4, 0.5) is 4.79 Å². The van der Waals surface area contributed by atoms with Crippen LogP contribution in [0.3, 0.4) is 0 Å². The standard InChI is InChI=1S/C14H28N4O3S/c1-8(2)11(18-22)13(20)17-10(12(19)9(3)4)6-5-7-16-14(15)21/h8-11,18,22H,5-7H2,1-4H3,(H,17,20)(H3,15,16,21)/t10-,11-/m0/s1. The first kappa shape index (κ1) is 20.7. The molecule has 8 heteroatoms. The van der Waals surface area contributed by atoms with Crippen LogP contribution in [0.25, 0.3) is 0 Å². The first-order valence-electron chi connectivity index (χ1n) is 7.47. The molecule has 0 saturated carbocycles. The van der Waals surface area contributed by atoms with E-state index in [-0.39, 0.29) is 23.5 Å². The quantitative estimate of drug-likeness (QED) is 0.298. The summed E-state index contributed by atoms with van der Waals surface area (Å²) in [5.41, 5.74) is 4.99.